The molecule has 0 aliphatic carbocycles. The minimum Gasteiger partial charge on any atom is -0.321 e. The number of fused-ring (bicyclic) bond motifs is 2. The van der Waals surface area contributed by atoms with Crippen LogP contribution >= 0.6 is 0 Å². The third kappa shape index (κ3) is 2.63. The van der Waals surface area contributed by atoms with E-state index in [-0.39, 0.29) is 11.1 Å². The Morgan fingerprint density at radius 1 is 0.692 bits per heavy atom. The number of aromatic nitrogens is 2. The minimum atomic E-state index is -0.584. The molecule has 128 valence electrons. The van der Waals surface area contributed by atoms with Gasteiger partial charge in [-0.3, -0.25) is 14.4 Å². The summed E-state index contributed by atoms with van der Waals surface area (Å²) < 4.78 is 0. The number of H-pyrrole nitrogens is 2. The lowest BCUT2D eigenvalue weighted by molar-refractivity contribution is 0.103. The minimum absolute atomic E-state index is 0.0411. The van der Waals surface area contributed by atoms with Crippen molar-refractivity contribution in [1.29, 1.82) is 0 Å². The summed E-state index contributed by atoms with van der Waals surface area (Å²) >= 11 is 0. The van der Waals surface area contributed by atoms with E-state index in [0.29, 0.717) is 11.0 Å². The molecule has 0 bridgehead atoms. The molecule has 2 aromatic heterocycles. The number of pyridine rings is 2. The summed E-state index contributed by atoms with van der Waals surface area (Å²) in [5.74, 6) is -0.584. The third-order valence-corrected chi connectivity index (χ3v) is 4.49. The van der Waals surface area contributed by atoms with Crippen molar-refractivity contribution in [1.82, 2.24) is 9.97 Å². The SMILES string of the molecule is Cc1ccc2[nH]c(=O)c(C(=O)c3cc4cc(C)ccc4[nH]c3=O)cc2c1. The van der Waals surface area contributed by atoms with Gasteiger partial charge in [-0.1, -0.05) is 23.3 Å². The fraction of sp³-hybridized carbons (Fsp3) is 0.0952. The molecule has 0 saturated carbocycles. The maximum absolute atomic E-state index is 12.9. The highest BCUT2D eigenvalue weighted by Gasteiger charge is 2.18. The number of benzene rings is 2. The van der Waals surface area contributed by atoms with Crippen molar-refractivity contribution in [3.8, 4) is 0 Å². The van der Waals surface area contributed by atoms with Crippen LogP contribution in [-0.2, 0) is 0 Å². The second kappa shape index (κ2) is 5.81. The molecular weight excluding hydrogens is 328 g/mol. The summed E-state index contributed by atoms with van der Waals surface area (Å²) in [7, 11) is 0. The van der Waals surface area contributed by atoms with E-state index >= 15 is 0 Å². The maximum Gasteiger partial charge on any atom is 0.259 e. The molecule has 5 nitrogen and oxygen atoms in total. The Kier molecular flexibility index (Phi) is 3.58. The van der Waals surface area contributed by atoms with Crippen molar-refractivity contribution in [2.24, 2.45) is 0 Å². The predicted octanol–water partition coefficient (Wildman–Crippen LogP) is 3.22. The number of nitrogens with one attached hydrogen (secondary N) is 2. The number of hydrogen-bond donors (Lipinski definition) is 2. The first-order valence-electron chi connectivity index (χ1n) is 8.24. The predicted molar refractivity (Wildman–Crippen MR) is 102 cm³/mol. The molecule has 0 saturated heterocycles. The van der Waals surface area contributed by atoms with Crippen molar-refractivity contribution in [3.05, 3.63) is 91.5 Å². The molecule has 2 heterocycles. The Hall–Kier alpha value is -3.47. The lowest BCUT2D eigenvalue weighted by Gasteiger charge is -2.05. The summed E-state index contributed by atoms with van der Waals surface area (Å²) in [6.45, 7) is 3.87. The topological polar surface area (TPSA) is 82.8 Å². The Labute approximate surface area is 148 Å². The van der Waals surface area contributed by atoms with E-state index in [2.05, 4.69) is 9.97 Å². The van der Waals surface area contributed by atoms with Crippen LogP contribution in [0.25, 0.3) is 21.8 Å². The molecule has 0 radical (unpaired) electrons. The van der Waals surface area contributed by atoms with E-state index in [1.807, 2.05) is 38.1 Å². The quantitative estimate of drug-likeness (QED) is 0.548. The molecule has 0 aliphatic rings. The van der Waals surface area contributed by atoms with Crippen LogP contribution in [0.3, 0.4) is 0 Å². The van der Waals surface area contributed by atoms with Crippen LogP contribution in [0.4, 0.5) is 0 Å². The molecule has 2 N–H and O–H groups in total. The van der Waals surface area contributed by atoms with Gasteiger partial charge in [-0.25, -0.2) is 0 Å². The van der Waals surface area contributed by atoms with E-state index < -0.39 is 16.9 Å². The van der Waals surface area contributed by atoms with E-state index in [1.165, 1.54) is 0 Å². The van der Waals surface area contributed by atoms with Gasteiger partial charge in [0.1, 0.15) is 0 Å². The number of carbonyl (C=O) groups is 1. The Balaban J connectivity index is 1.92. The summed E-state index contributed by atoms with van der Waals surface area (Å²) in [6.07, 6.45) is 0. The third-order valence-electron chi connectivity index (χ3n) is 4.49. The standard InChI is InChI=1S/C21H16N2O3/c1-11-3-5-17-13(7-11)9-15(20(25)22-17)19(24)16-10-14-8-12(2)4-6-18(14)23-21(16)26/h3-10H,1-2H3,(H,22,25)(H,23,26). The normalized spacial score (nSPS) is 11.2. The van der Waals surface area contributed by atoms with Crippen molar-refractivity contribution in [3.63, 3.8) is 0 Å². The fourth-order valence-electron chi connectivity index (χ4n) is 3.13. The van der Waals surface area contributed by atoms with Crippen LogP contribution < -0.4 is 11.1 Å². The van der Waals surface area contributed by atoms with E-state index in [4.69, 9.17) is 0 Å². The lowest BCUT2D eigenvalue weighted by Crippen LogP contribution is -2.24. The second-order valence-corrected chi connectivity index (χ2v) is 6.53. The molecule has 0 aliphatic heterocycles. The summed E-state index contributed by atoms with van der Waals surface area (Å²) in [4.78, 5) is 43.1. The first-order valence-corrected chi connectivity index (χ1v) is 8.24. The Bertz CT molecular complexity index is 1210. The first-order chi connectivity index (χ1) is 12.4. The van der Waals surface area contributed by atoms with Crippen molar-refractivity contribution in [2.45, 2.75) is 13.8 Å². The highest BCUT2D eigenvalue weighted by atomic mass is 16.2. The highest BCUT2D eigenvalue weighted by molar-refractivity contribution is 6.11. The fourth-order valence-corrected chi connectivity index (χ4v) is 3.13. The van der Waals surface area contributed by atoms with Gasteiger partial charge in [-0.2, -0.15) is 0 Å². The molecule has 0 atom stereocenters. The average molecular weight is 344 g/mol. The van der Waals surface area contributed by atoms with Crippen LogP contribution in [0, 0.1) is 13.8 Å². The Morgan fingerprint density at radius 3 is 1.54 bits per heavy atom. The number of aryl methyl sites for hydroxylation is 2. The maximum atomic E-state index is 12.9. The summed E-state index contributed by atoms with van der Waals surface area (Å²) in [5.41, 5.74) is 2.25. The molecule has 0 unspecified atom stereocenters. The molecule has 4 aromatic rings. The van der Waals surface area contributed by atoms with Gasteiger partial charge in [0.25, 0.3) is 11.1 Å². The molecule has 4 rings (SSSR count). The van der Waals surface area contributed by atoms with Crippen LogP contribution in [0.2, 0.25) is 0 Å². The number of rotatable bonds is 2. The summed E-state index contributed by atoms with van der Waals surface area (Å²) in [5, 5.41) is 1.50. The monoisotopic (exact) mass is 344 g/mol. The van der Waals surface area contributed by atoms with E-state index in [0.717, 1.165) is 21.9 Å². The number of aromatic amines is 2. The van der Waals surface area contributed by atoms with Gasteiger partial charge >= 0.3 is 0 Å². The molecule has 5 heteroatoms. The molecule has 2 aromatic carbocycles. The van der Waals surface area contributed by atoms with Crippen LogP contribution in [0.15, 0.2) is 58.1 Å². The van der Waals surface area contributed by atoms with E-state index in [9.17, 15) is 14.4 Å². The lowest BCUT2D eigenvalue weighted by atomic mass is 10.0. The first kappa shape index (κ1) is 16.0. The van der Waals surface area contributed by atoms with Gasteiger partial charge in [0.05, 0.1) is 11.1 Å². The number of ketones is 1. The van der Waals surface area contributed by atoms with E-state index in [1.54, 1.807) is 24.3 Å². The van der Waals surface area contributed by atoms with Gasteiger partial charge in [0.15, 0.2) is 0 Å². The number of hydrogen-bond acceptors (Lipinski definition) is 3. The van der Waals surface area contributed by atoms with Gasteiger partial charge in [-0.05, 0) is 61.0 Å². The van der Waals surface area contributed by atoms with Gasteiger partial charge in [0, 0.05) is 11.0 Å². The zero-order valence-corrected chi connectivity index (χ0v) is 14.3. The van der Waals surface area contributed by atoms with Crippen molar-refractivity contribution >= 4 is 27.6 Å². The molecule has 0 spiro atoms. The summed E-state index contributed by atoms with van der Waals surface area (Å²) in [6, 6.07) is 14.2. The van der Waals surface area contributed by atoms with Crippen molar-refractivity contribution in [2.75, 3.05) is 0 Å². The zero-order valence-electron chi connectivity index (χ0n) is 14.3. The second-order valence-electron chi connectivity index (χ2n) is 6.53. The number of carbonyl (C=O) groups excluding carboxylic acids is 1. The van der Waals surface area contributed by atoms with Crippen molar-refractivity contribution < 1.29 is 4.79 Å². The zero-order chi connectivity index (χ0) is 18.4. The largest absolute Gasteiger partial charge is 0.321 e. The highest BCUT2D eigenvalue weighted by Crippen LogP contribution is 2.17. The molecular formula is C21H16N2O3. The average Bonchev–Trinajstić information content (AvgIpc) is 2.60. The van der Waals surface area contributed by atoms with Gasteiger partial charge in [0.2, 0.25) is 5.78 Å². The van der Waals surface area contributed by atoms with Crippen LogP contribution in [0.5, 0.6) is 0 Å². The Morgan fingerprint density at radius 2 is 1.12 bits per heavy atom. The molecule has 0 fully saturated rings. The van der Waals surface area contributed by atoms with Gasteiger partial charge < -0.3 is 9.97 Å². The molecule has 0 amide bonds. The molecule has 26 heavy (non-hydrogen) atoms. The van der Waals surface area contributed by atoms with Gasteiger partial charge in [-0.15, -0.1) is 0 Å². The van der Waals surface area contributed by atoms with Crippen LogP contribution in [0.1, 0.15) is 27.0 Å². The smallest absolute Gasteiger partial charge is 0.259 e. The van der Waals surface area contributed by atoms with Crippen LogP contribution in [-0.4, -0.2) is 15.8 Å².